The Morgan fingerprint density at radius 1 is 1.08 bits per heavy atom. The monoisotopic (exact) mass is 390 g/mol. The number of rotatable bonds is 2. The van der Waals surface area contributed by atoms with Crippen molar-refractivity contribution < 1.29 is 0 Å². The third kappa shape index (κ3) is 2.47. The van der Waals surface area contributed by atoms with E-state index in [2.05, 4.69) is 71.4 Å². The molecule has 0 aromatic heterocycles. The molecule has 0 N–H and O–H groups in total. The topological polar surface area (TPSA) is 0 Å². The van der Waals surface area contributed by atoms with Crippen LogP contribution in [0.15, 0.2) is 75.9 Å². The molecule has 4 aliphatic carbocycles. The van der Waals surface area contributed by atoms with Gasteiger partial charge in [0.15, 0.2) is 0 Å². The first-order valence-corrected chi connectivity index (χ1v) is 10.4. The lowest BCUT2D eigenvalue weighted by Crippen LogP contribution is -2.17. The van der Waals surface area contributed by atoms with E-state index in [0.29, 0.717) is 10.7 Å². The van der Waals surface area contributed by atoms with Crippen molar-refractivity contribution in [2.24, 2.45) is 0 Å². The summed E-state index contributed by atoms with van der Waals surface area (Å²) in [5.74, 6) is 0.519. The second kappa shape index (κ2) is 5.99. The van der Waals surface area contributed by atoms with E-state index in [1.54, 1.807) is 16.7 Å². The Hall–Kier alpha value is -1.60. The van der Waals surface area contributed by atoms with E-state index >= 15 is 0 Å². The Balaban J connectivity index is 1.49. The van der Waals surface area contributed by atoms with Crippen LogP contribution < -0.4 is 0 Å². The molecule has 0 saturated carbocycles. The number of hydrogen-bond donors (Lipinski definition) is 0. The van der Waals surface area contributed by atoms with Gasteiger partial charge in [0, 0.05) is 5.92 Å². The summed E-state index contributed by atoms with van der Waals surface area (Å²) < 4.78 is 0. The minimum absolute atomic E-state index is 0.432. The summed E-state index contributed by atoms with van der Waals surface area (Å²) in [5, 5.41) is 0. The molecular formula is C24H23Br. The number of halogens is 1. The molecule has 1 aromatic rings. The Bertz CT molecular complexity index is 904. The molecule has 126 valence electrons. The summed E-state index contributed by atoms with van der Waals surface area (Å²) in [7, 11) is 0. The maximum atomic E-state index is 4.02. The predicted molar refractivity (Wildman–Crippen MR) is 110 cm³/mol. The van der Waals surface area contributed by atoms with Crippen molar-refractivity contribution >= 4 is 22.0 Å². The van der Waals surface area contributed by atoms with Gasteiger partial charge in [0.2, 0.25) is 0 Å². The average Bonchev–Trinajstić information content (AvgIpc) is 3.18. The number of allylic oxidation sites excluding steroid dienone is 9. The van der Waals surface area contributed by atoms with Crippen LogP contribution in [-0.4, -0.2) is 4.83 Å². The zero-order valence-electron chi connectivity index (χ0n) is 14.7. The van der Waals surface area contributed by atoms with Gasteiger partial charge in [-0.25, -0.2) is 0 Å². The van der Waals surface area contributed by atoms with E-state index in [9.17, 15) is 0 Å². The smallest absolute Gasteiger partial charge is 0.0616 e. The van der Waals surface area contributed by atoms with Gasteiger partial charge in [0.1, 0.15) is 0 Å². The molecule has 0 heterocycles. The Labute approximate surface area is 158 Å². The van der Waals surface area contributed by atoms with Gasteiger partial charge in [-0.3, -0.25) is 0 Å². The lowest BCUT2D eigenvalue weighted by molar-refractivity contribution is 0.668. The van der Waals surface area contributed by atoms with Gasteiger partial charge in [0.05, 0.1) is 4.83 Å². The second-order valence-corrected chi connectivity index (χ2v) is 8.65. The molecule has 25 heavy (non-hydrogen) atoms. The fourth-order valence-electron chi connectivity index (χ4n) is 4.93. The Kier molecular flexibility index (Phi) is 3.74. The molecule has 0 nitrogen and oxygen atoms in total. The third-order valence-electron chi connectivity index (χ3n) is 6.26. The number of hydrogen-bond acceptors (Lipinski definition) is 0. The summed E-state index contributed by atoms with van der Waals surface area (Å²) in [5.41, 5.74) is 12.2. The van der Waals surface area contributed by atoms with Crippen molar-refractivity contribution in [3.8, 4) is 0 Å². The molecule has 0 spiro atoms. The zero-order valence-corrected chi connectivity index (χ0v) is 16.3. The maximum absolute atomic E-state index is 4.02. The van der Waals surface area contributed by atoms with Crippen LogP contribution in [0.5, 0.6) is 0 Å². The average molecular weight is 391 g/mol. The van der Waals surface area contributed by atoms with Crippen molar-refractivity contribution in [2.45, 2.75) is 49.8 Å². The van der Waals surface area contributed by atoms with E-state index in [-0.39, 0.29) is 0 Å². The highest BCUT2D eigenvalue weighted by Gasteiger charge is 2.33. The van der Waals surface area contributed by atoms with Gasteiger partial charge in [-0.1, -0.05) is 64.5 Å². The first kappa shape index (κ1) is 15.6. The lowest BCUT2D eigenvalue weighted by Gasteiger charge is -2.30. The van der Waals surface area contributed by atoms with E-state index in [1.807, 2.05) is 0 Å². The molecule has 0 saturated heterocycles. The van der Waals surface area contributed by atoms with Gasteiger partial charge < -0.3 is 0 Å². The summed E-state index contributed by atoms with van der Waals surface area (Å²) in [6.45, 7) is 2.30. The van der Waals surface area contributed by atoms with Crippen LogP contribution in [-0.2, 0) is 0 Å². The summed E-state index contributed by atoms with van der Waals surface area (Å²) in [6, 6.07) is 8.84. The van der Waals surface area contributed by atoms with Gasteiger partial charge >= 0.3 is 0 Å². The van der Waals surface area contributed by atoms with Crippen LogP contribution >= 0.6 is 15.9 Å². The molecule has 1 aromatic carbocycles. The van der Waals surface area contributed by atoms with Crippen molar-refractivity contribution in [1.29, 1.82) is 0 Å². The molecule has 0 fully saturated rings. The van der Waals surface area contributed by atoms with Crippen LogP contribution in [0, 0.1) is 0 Å². The van der Waals surface area contributed by atoms with Gasteiger partial charge in [-0.15, -0.1) is 0 Å². The number of benzene rings is 1. The summed E-state index contributed by atoms with van der Waals surface area (Å²) >= 11 is 4.02. The minimum Gasteiger partial charge on any atom is -0.0790 e. The van der Waals surface area contributed by atoms with Gasteiger partial charge in [0.25, 0.3) is 0 Å². The Morgan fingerprint density at radius 3 is 2.84 bits per heavy atom. The van der Waals surface area contributed by atoms with Crippen LogP contribution in [0.1, 0.15) is 56.1 Å². The van der Waals surface area contributed by atoms with Crippen LogP contribution in [0.3, 0.4) is 0 Å². The summed E-state index contributed by atoms with van der Waals surface area (Å²) in [4.78, 5) is 0.432. The van der Waals surface area contributed by atoms with Crippen molar-refractivity contribution in [3.63, 3.8) is 0 Å². The number of fused-ring (bicyclic) bond motifs is 2. The molecule has 0 amide bonds. The maximum Gasteiger partial charge on any atom is 0.0616 e. The molecule has 0 radical (unpaired) electrons. The highest BCUT2D eigenvalue weighted by atomic mass is 79.9. The molecule has 0 aliphatic heterocycles. The molecule has 0 bridgehead atoms. The van der Waals surface area contributed by atoms with Crippen molar-refractivity contribution in [2.75, 3.05) is 0 Å². The molecular weight excluding hydrogens is 368 g/mol. The van der Waals surface area contributed by atoms with Gasteiger partial charge in [-0.05, 0) is 83.6 Å². The normalized spacial score (nSPS) is 27.1. The zero-order chi connectivity index (χ0) is 17.0. The molecule has 5 rings (SSSR count). The van der Waals surface area contributed by atoms with Gasteiger partial charge in [-0.2, -0.15) is 0 Å². The SMILES string of the molecule is CC1=C(CC2C=Cc3ccccc32)C2=CC3=C(CCCC3)C(Br)C2=C1. The minimum atomic E-state index is 0.432. The fourth-order valence-corrected chi connectivity index (χ4v) is 5.83. The van der Waals surface area contributed by atoms with E-state index in [4.69, 9.17) is 0 Å². The van der Waals surface area contributed by atoms with Crippen LogP contribution in [0.2, 0.25) is 0 Å². The van der Waals surface area contributed by atoms with Crippen LogP contribution in [0.25, 0.3) is 6.08 Å². The Morgan fingerprint density at radius 2 is 1.92 bits per heavy atom. The first-order chi connectivity index (χ1) is 12.2. The molecule has 1 heteroatoms. The fraction of sp³-hybridized carbons (Fsp3) is 0.333. The van der Waals surface area contributed by atoms with Crippen molar-refractivity contribution in [1.82, 2.24) is 0 Å². The lowest BCUT2D eigenvalue weighted by atomic mass is 9.79. The van der Waals surface area contributed by atoms with E-state index in [0.717, 1.165) is 6.42 Å². The molecule has 2 atom stereocenters. The standard InChI is InChI=1S/C24H23Br/c1-15-12-23-22(14-17-7-3-5-9-20(17)24(23)25)21(15)13-18-11-10-16-6-2-4-8-19(16)18/h2,4,6,8,10-12,14,18,24H,3,5,7,9,13H2,1H3. The van der Waals surface area contributed by atoms with Crippen LogP contribution in [0.4, 0.5) is 0 Å². The molecule has 2 unspecified atom stereocenters. The largest absolute Gasteiger partial charge is 0.0790 e. The third-order valence-corrected chi connectivity index (χ3v) is 7.31. The van der Waals surface area contributed by atoms with E-state index < -0.39 is 0 Å². The highest BCUT2D eigenvalue weighted by molar-refractivity contribution is 9.09. The summed E-state index contributed by atoms with van der Waals surface area (Å²) in [6.07, 6.45) is 16.0. The second-order valence-electron chi connectivity index (χ2n) is 7.74. The van der Waals surface area contributed by atoms with E-state index in [1.165, 1.54) is 53.5 Å². The first-order valence-electron chi connectivity index (χ1n) is 9.49. The predicted octanol–water partition coefficient (Wildman–Crippen LogP) is 7.02. The van der Waals surface area contributed by atoms with Crippen molar-refractivity contribution in [3.05, 3.63) is 87.1 Å². The quantitative estimate of drug-likeness (QED) is 0.475. The highest BCUT2D eigenvalue weighted by Crippen LogP contribution is 2.49. The molecule has 4 aliphatic rings. The number of alkyl halides is 1.